The second kappa shape index (κ2) is 4.89. The van der Waals surface area contributed by atoms with E-state index in [9.17, 15) is 0 Å². The molecule has 3 heteroatoms. The number of pyridine rings is 1. The van der Waals surface area contributed by atoms with E-state index in [4.69, 9.17) is 10.00 Å². The average molecular weight is 238 g/mol. The van der Waals surface area contributed by atoms with Gasteiger partial charge in [0.05, 0.1) is 18.4 Å². The van der Waals surface area contributed by atoms with Crippen molar-refractivity contribution < 1.29 is 4.74 Å². The van der Waals surface area contributed by atoms with Crippen molar-refractivity contribution in [3.63, 3.8) is 0 Å². The van der Waals surface area contributed by atoms with Crippen molar-refractivity contribution >= 4 is 0 Å². The van der Waals surface area contributed by atoms with E-state index in [-0.39, 0.29) is 0 Å². The SMILES string of the molecule is COc1ccc(C)cc1-c1ncc(C#N)cc1C. The third-order valence-corrected chi connectivity index (χ3v) is 2.82. The number of benzene rings is 1. The molecular weight excluding hydrogens is 224 g/mol. The van der Waals surface area contributed by atoms with Gasteiger partial charge in [-0.1, -0.05) is 11.6 Å². The van der Waals surface area contributed by atoms with Gasteiger partial charge < -0.3 is 4.74 Å². The summed E-state index contributed by atoms with van der Waals surface area (Å²) in [5.74, 6) is 0.793. The molecule has 0 radical (unpaired) electrons. The maximum Gasteiger partial charge on any atom is 0.128 e. The van der Waals surface area contributed by atoms with Crippen molar-refractivity contribution in [1.82, 2.24) is 4.98 Å². The van der Waals surface area contributed by atoms with Crippen LogP contribution in [0.2, 0.25) is 0 Å². The van der Waals surface area contributed by atoms with Gasteiger partial charge in [0.25, 0.3) is 0 Å². The Labute approximate surface area is 107 Å². The maximum absolute atomic E-state index is 8.85. The molecule has 1 aromatic heterocycles. The molecule has 18 heavy (non-hydrogen) atoms. The second-order valence-electron chi connectivity index (χ2n) is 4.21. The number of hydrogen-bond donors (Lipinski definition) is 0. The van der Waals surface area contributed by atoms with Gasteiger partial charge in [-0.05, 0) is 37.6 Å². The Morgan fingerprint density at radius 3 is 2.61 bits per heavy atom. The van der Waals surface area contributed by atoms with E-state index in [2.05, 4.69) is 11.1 Å². The molecule has 2 aromatic rings. The standard InChI is InChI=1S/C15H14N2O/c1-10-4-5-14(18-3)13(6-10)15-11(2)7-12(8-16)9-17-15/h4-7,9H,1-3H3. The Morgan fingerprint density at radius 1 is 1.22 bits per heavy atom. The normalized spacial score (nSPS) is 9.89. The van der Waals surface area contributed by atoms with E-state index in [1.54, 1.807) is 13.3 Å². The molecule has 0 unspecified atom stereocenters. The van der Waals surface area contributed by atoms with Crippen LogP contribution in [0.25, 0.3) is 11.3 Å². The quantitative estimate of drug-likeness (QED) is 0.806. The number of nitriles is 1. The number of rotatable bonds is 2. The Morgan fingerprint density at radius 2 is 2.00 bits per heavy atom. The van der Waals surface area contributed by atoms with Gasteiger partial charge in [-0.15, -0.1) is 0 Å². The summed E-state index contributed by atoms with van der Waals surface area (Å²) in [4.78, 5) is 4.37. The lowest BCUT2D eigenvalue weighted by molar-refractivity contribution is 0.416. The van der Waals surface area contributed by atoms with Crippen molar-refractivity contribution in [3.8, 4) is 23.1 Å². The summed E-state index contributed by atoms with van der Waals surface area (Å²) in [7, 11) is 1.65. The maximum atomic E-state index is 8.85. The minimum atomic E-state index is 0.572. The smallest absolute Gasteiger partial charge is 0.128 e. The summed E-state index contributed by atoms with van der Waals surface area (Å²) in [6, 6.07) is 9.91. The molecule has 0 spiro atoms. The van der Waals surface area contributed by atoms with Crippen LogP contribution in [-0.2, 0) is 0 Å². The highest BCUT2D eigenvalue weighted by Gasteiger charge is 2.10. The molecule has 0 N–H and O–H groups in total. The lowest BCUT2D eigenvalue weighted by Crippen LogP contribution is -1.94. The molecule has 0 fully saturated rings. The predicted octanol–water partition coefficient (Wildman–Crippen LogP) is 3.25. The number of ether oxygens (including phenoxy) is 1. The minimum absolute atomic E-state index is 0.572. The van der Waals surface area contributed by atoms with Crippen molar-refractivity contribution in [3.05, 3.63) is 47.2 Å². The largest absolute Gasteiger partial charge is 0.496 e. The highest BCUT2D eigenvalue weighted by molar-refractivity contribution is 5.71. The first kappa shape index (κ1) is 12.1. The second-order valence-corrected chi connectivity index (χ2v) is 4.21. The van der Waals surface area contributed by atoms with Crippen LogP contribution in [0.5, 0.6) is 5.75 Å². The molecule has 3 nitrogen and oxygen atoms in total. The lowest BCUT2D eigenvalue weighted by atomic mass is 10.0. The molecule has 1 aromatic carbocycles. The lowest BCUT2D eigenvalue weighted by Gasteiger charge is -2.11. The number of aryl methyl sites for hydroxylation is 2. The number of hydrogen-bond acceptors (Lipinski definition) is 3. The summed E-state index contributed by atoms with van der Waals surface area (Å²) in [6.45, 7) is 3.98. The predicted molar refractivity (Wildman–Crippen MR) is 70.4 cm³/mol. The van der Waals surface area contributed by atoms with E-state index >= 15 is 0 Å². The van der Waals surface area contributed by atoms with E-state index in [1.165, 1.54) is 0 Å². The van der Waals surface area contributed by atoms with Gasteiger partial charge in [-0.2, -0.15) is 5.26 Å². The monoisotopic (exact) mass is 238 g/mol. The average Bonchev–Trinajstić information content (AvgIpc) is 2.38. The van der Waals surface area contributed by atoms with Gasteiger partial charge >= 0.3 is 0 Å². The first-order valence-corrected chi connectivity index (χ1v) is 5.67. The summed E-state index contributed by atoms with van der Waals surface area (Å²) in [5, 5.41) is 8.85. The zero-order valence-corrected chi connectivity index (χ0v) is 10.7. The Balaban J connectivity index is 2.62. The fourth-order valence-corrected chi connectivity index (χ4v) is 1.92. The summed E-state index contributed by atoms with van der Waals surface area (Å²) >= 11 is 0. The van der Waals surface area contributed by atoms with Crippen molar-refractivity contribution in [1.29, 1.82) is 5.26 Å². The van der Waals surface area contributed by atoms with Crippen LogP contribution in [-0.4, -0.2) is 12.1 Å². The fourth-order valence-electron chi connectivity index (χ4n) is 1.92. The first-order valence-electron chi connectivity index (χ1n) is 5.67. The van der Waals surface area contributed by atoms with Crippen LogP contribution in [0.15, 0.2) is 30.5 Å². The van der Waals surface area contributed by atoms with Crippen LogP contribution in [0, 0.1) is 25.2 Å². The van der Waals surface area contributed by atoms with Crippen LogP contribution in [0.4, 0.5) is 0 Å². The zero-order chi connectivity index (χ0) is 13.1. The highest BCUT2D eigenvalue weighted by Crippen LogP contribution is 2.31. The molecule has 90 valence electrons. The van der Waals surface area contributed by atoms with Gasteiger partial charge in [0.2, 0.25) is 0 Å². The van der Waals surface area contributed by atoms with E-state index in [1.807, 2.05) is 38.1 Å². The molecule has 0 aliphatic carbocycles. The number of nitrogens with zero attached hydrogens (tertiary/aromatic N) is 2. The minimum Gasteiger partial charge on any atom is -0.496 e. The molecule has 0 atom stereocenters. The van der Waals surface area contributed by atoms with Crippen molar-refractivity contribution in [2.75, 3.05) is 7.11 Å². The third kappa shape index (κ3) is 2.18. The Hall–Kier alpha value is -2.34. The Kier molecular flexibility index (Phi) is 3.29. The number of methoxy groups -OCH3 is 1. The summed E-state index contributed by atoms with van der Waals surface area (Å²) in [6.07, 6.45) is 1.59. The van der Waals surface area contributed by atoms with Crippen LogP contribution >= 0.6 is 0 Å². The molecule has 2 rings (SSSR count). The number of aromatic nitrogens is 1. The molecule has 1 heterocycles. The molecule has 0 saturated carbocycles. The topological polar surface area (TPSA) is 45.9 Å². The van der Waals surface area contributed by atoms with Crippen molar-refractivity contribution in [2.45, 2.75) is 13.8 Å². The van der Waals surface area contributed by atoms with Gasteiger partial charge in [0, 0.05) is 11.8 Å². The van der Waals surface area contributed by atoms with Gasteiger partial charge in [0.15, 0.2) is 0 Å². The van der Waals surface area contributed by atoms with E-state index in [0.29, 0.717) is 5.56 Å². The molecule has 0 amide bonds. The Bertz CT molecular complexity index is 627. The molecule has 0 bridgehead atoms. The first-order chi connectivity index (χ1) is 8.65. The van der Waals surface area contributed by atoms with Crippen LogP contribution in [0.3, 0.4) is 0 Å². The molecule has 0 saturated heterocycles. The highest BCUT2D eigenvalue weighted by atomic mass is 16.5. The van der Waals surface area contributed by atoms with Gasteiger partial charge in [0.1, 0.15) is 11.8 Å². The summed E-state index contributed by atoms with van der Waals surface area (Å²) < 4.78 is 5.36. The van der Waals surface area contributed by atoms with Crippen molar-refractivity contribution in [2.24, 2.45) is 0 Å². The zero-order valence-electron chi connectivity index (χ0n) is 10.7. The third-order valence-electron chi connectivity index (χ3n) is 2.82. The van der Waals surface area contributed by atoms with Crippen LogP contribution in [0.1, 0.15) is 16.7 Å². The molecular formula is C15H14N2O. The van der Waals surface area contributed by atoms with Gasteiger partial charge in [-0.25, -0.2) is 0 Å². The van der Waals surface area contributed by atoms with Gasteiger partial charge in [-0.3, -0.25) is 4.98 Å². The molecule has 0 aliphatic heterocycles. The molecule has 0 aliphatic rings. The van der Waals surface area contributed by atoms with E-state index in [0.717, 1.165) is 28.1 Å². The summed E-state index contributed by atoms with van der Waals surface area (Å²) in [5.41, 5.74) is 4.51. The van der Waals surface area contributed by atoms with Crippen LogP contribution < -0.4 is 4.74 Å². The fraction of sp³-hybridized carbons (Fsp3) is 0.200. The van der Waals surface area contributed by atoms with E-state index < -0.39 is 0 Å².